The van der Waals surface area contributed by atoms with Gasteiger partial charge in [0.2, 0.25) is 6.10 Å². The molecule has 2 aliphatic rings. The van der Waals surface area contributed by atoms with Gasteiger partial charge in [-0.3, -0.25) is 0 Å². The summed E-state index contributed by atoms with van der Waals surface area (Å²) in [6.45, 7) is 1.13. The summed E-state index contributed by atoms with van der Waals surface area (Å²) < 4.78 is 97.2. The standard InChI is InChI=1S/C5H5F3O3.C4H2F4O3/c1-2-3(5(6,7)8)11-4(9)10-2;5-2-1(4(6,7)8)10-3(9)11-2/h2-3H,1H3;1-2H. The first-order valence-electron chi connectivity index (χ1n) is 5.34. The fourth-order valence-electron chi connectivity index (χ4n) is 1.33. The van der Waals surface area contributed by atoms with Gasteiger partial charge in [-0.1, -0.05) is 0 Å². The molecule has 4 atom stereocenters. The molecule has 22 heavy (non-hydrogen) atoms. The number of carbonyl (C=O) groups is 2. The van der Waals surface area contributed by atoms with Gasteiger partial charge in [0.05, 0.1) is 0 Å². The Balaban J connectivity index is 0.000000220. The smallest absolute Gasteiger partial charge is 0.427 e. The maximum absolute atomic E-state index is 12.0. The van der Waals surface area contributed by atoms with E-state index in [4.69, 9.17) is 0 Å². The van der Waals surface area contributed by atoms with Crippen molar-refractivity contribution in [3.8, 4) is 0 Å². The van der Waals surface area contributed by atoms with Gasteiger partial charge in [-0.15, -0.1) is 0 Å². The number of cyclic esters (lactones) is 4. The Kier molecular flexibility index (Phi) is 4.97. The highest BCUT2D eigenvalue weighted by atomic mass is 19.4. The molecule has 0 bridgehead atoms. The molecule has 0 radical (unpaired) electrons. The first kappa shape index (κ1) is 18.1. The Labute approximate surface area is 117 Å². The van der Waals surface area contributed by atoms with Crippen molar-refractivity contribution in [1.82, 2.24) is 0 Å². The van der Waals surface area contributed by atoms with Crippen LogP contribution in [0.15, 0.2) is 0 Å². The molecule has 13 heteroatoms. The van der Waals surface area contributed by atoms with E-state index in [-0.39, 0.29) is 0 Å². The van der Waals surface area contributed by atoms with E-state index in [0.717, 1.165) is 6.92 Å². The molecular weight excluding hydrogens is 337 g/mol. The Bertz CT molecular complexity index is 393. The lowest BCUT2D eigenvalue weighted by atomic mass is 10.2. The molecule has 0 spiro atoms. The number of halogens is 7. The zero-order chi connectivity index (χ0) is 17.3. The monoisotopic (exact) mass is 344 g/mol. The number of hydrogen-bond donors (Lipinski definition) is 0. The molecule has 0 amide bonds. The van der Waals surface area contributed by atoms with Crippen LogP contribution in [0.2, 0.25) is 0 Å². The van der Waals surface area contributed by atoms with Crippen LogP contribution in [-0.4, -0.2) is 49.3 Å². The Morgan fingerprint density at radius 3 is 1.36 bits per heavy atom. The van der Waals surface area contributed by atoms with Gasteiger partial charge >= 0.3 is 24.7 Å². The minimum absolute atomic E-state index is 1.13. The third-order valence-electron chi connectivity index (χ3n) is 2.25. The highest BCUT2D eigenvalue weighted by Crippen LogP contribution is 2.32. The molecule has 0 N–H and O–H groups in total. The summed E-state index contributed by atoms with van der Waals surface area (Å²) in [6.07, 6.45) is -21.2. The SMILES string of the molecule is CC1OC(=O)OC1C(F)(F)F.O=C1OC(F)C(C(F)(F)F)O1. The van der Waals surface area contributed by atoms with Gasteiger partial charge in [0.25, 0.3) is 12.5 Å². The normalized spacial score (nSPS) is 31.5. The van der Waals surface area contributed by atoms with Crippen molar-refractivity contribution in [2.75, 3.05) is 0 Å². The van der Waals surface area contributed by atoms with Crippen LogP contribution in [0.1, 0.15) is 6.92 Å². The summed E-state index contributed by atoms with van der Waals surface area (Å²) in [5.41, 5.74) is 0. The Morgan fingerprint density at radius 2 is 1.18 bits per heavy atom. The lowest BCUT2D eigenvalue weighted by Gasteiger charge is -2.13. The molecule has 6 nitrogen and oxygen atoms in total. The molecule has 4 unspecified atom stereocenters. The van der Waals surface area contributed by atoms with Crippen molar-refractivity contribution in [3.05, 3.63) is 0 Å². The largest absolute Gasteiger partial charge is 0.511 e. The summed E-state index contributed by atoms with van der Waals surface area (Å²) in [5.74, 6) is 0. The van der Waals surface area contributed by atoms with Gasteiger partial charge in [0.15, 0.2) is 0 Å². The zero-order valence-corrected chi connectivity index (χ0v) is 10.4. The van der Waals surface area contributed by atoms with Crippen LogP contribution >= 0.6 is 0 Å². The van der Waals surface area contributed by atoms with Crippen LogP contribution in [0.5, 0.6) is 0 Å². The molecule has 0 aliphatic carbocycles. The number of ether oxygens (including phenoxy) is 4. The van der Waals surface area contributed by atoms with E-state index in [0.29, 0.717) is 0 Å². The van der Waals surface area contributed by atoms with E-state index >= 15 is 0 Å². The summed E-state index contributed by atoms with van der Waals surface area (Å²) in [4.78, 5) is 20.1. The first-order valence-corrected chi connectivity index (χ1v) is 5.34. The summed E-state index contributed by atoms with van der Waals surface area (Å²) >= 11 is 0. The number of carbonyl (C=O) groups excluding carboxylic acids is 2. The summed E-state index contributed by atoms with van der Waals surface area (Å²) in [7, 11) is 0. The van der Waals surface area contributed by atoms with E-state index in [1.807, 2.05) is 0 Å². The maximum Gasteiger partial charge on any atom is 0.511 e. The second-order valence-electron chi connectivity index (χ2n) is 3.95. The van der Waals surface area contributed by atoms with Crippen LogP contribution in [-0.2, 0) is 18.9 Å². The third kappa shape index (κ3) is 4.53. The molecule has 2 aliphatic heterocycles. The van der Waals surface area contributed by atoms with Crippen LogP contribution in [0.25, 0.3) is 0 Å². The number of alkyl halides is 7. The third-order valence-corrected chi connectivity index (χ3v) is 2.25. The second kappa shape index (κ2) is 6.04. The lowest BCUT2D eigenvalue weighted by molar-refractivity contribution is -0.216. The average molecular weight is 344 g/mol. The predicted octanol–water partition coefficient (Wildman–Crippen LogP) is 2.85. The van der Waals surface area contributed by atoms with Gasteiger partial charge in [-0.2, -0.15) is 30.7 Å². The van der Waals surface area contributed by atoms with E-state index in [1.54, 1.807) is 0 Å². The van der Waals surface area contributed by atoms with Gasteiger partial charge in [-0.25, -0.2) is 9.59 Å². The van der Waals surface area contributed by atoms with Crippen LogP contribution in [0.3, 0.4) is 0 Å². The van der Waals surface area contributed by atoms with Gasteiger partial charge in [0.1, 0.15) is 6.10 Å². The van der Waals surface area contributed by atoms with E-state index in [9.17, 15) is 40.3 Å². The van der Waals surface area contributed by atoms with Crippen molar-refractivity contribution in [1.29, 1.82) is 0 Å². The molecule has 2 rings (SSSR count). The molecule has 2 fully saturated rings. The zero-order valence-electron chi connectivity index (χ0n) is 10.4. The molecule has 0 aromatic heterocycles. The number of hydrogen-bond acceptors (Lipinski definition) is 6. The topological polar surface area (TPSA) is 71.1 Å². The van der Waals surface area contributed by atoms with Crippen LogP contribution in [0, 0.1) is 0 Å². The highest BCUT2D eigenvalue weighted by Gasteiger charge is 2.55. The number of rotatable bonds is 0. The Hall–Kier alpha value is -1.95. The molecule has 0 saturated carbocycles. The summed E-state index contributed by atoms with van der Waals surface area (Å²) in [6, 6.07) is 0. The van der Waals surface area contributed by atoms with E-state index in [2.05, 4.69) is 18.9 Å². The second-order valence-corrected chi connectivity index (χ2v) is 3.95. The minimum atomic E-state index is -4.91. The lowest BCUT2D eigenvalue weighted by Crippen LogP contribution is -2.35. The molecule has 2 heterocycles. The fourth-order valence-corrected chi connectivity index (χ4v) is 1.33. The van der Waals surface area contributed by atoms with Crippen molar-refractivity contribution in [2.24, 2.45) is 0 Å². The summed E-state index contributed by atoms with van der Waals surface area (Å²) in [5, 5.41) is 0. The molecule has 0 aromatic carbocycles. The average Bonchev–Trinajstić information content (AvgIpc) is 2.80. The minimum Gasteiger partial charge on any atom is -0.427 e. The van der Waals surface area contributed by atoms with Gasteiger partial charge < -0.3 is 18.9 Å². The molecule has 0 aromatic rings. The maximum atomic E-state index is 12.0. The van der Waals surface area contributed by atoms with E-state index < -0.39 is 49.3 Å². The quantitative estimate of drug-likeness (QED) is 0.497. The molecule has 128 valence electrons. The fraction of sp³-hybridized carbons (Fsp3) is 0.778. The highest BCUT2D eigenvalue weighted by molar-refractivity contribution is 5.62. The molecular formula is C9H7F7O6. The van der Waals surface area contributed by atoms with Crippen molar-refractivity contribution in [2.45, 2.75) is 43.9 Å². The predicted molar refractivity (Wildman–Crippen MR) is 49.2 cm³/mol. The van der Waals surface area contributed by atoms with Crippen molar-refractivity contribution < 1.29 is 59.3 Å². The molecule has 2 saturated heterocycles. The van der Waals surface area contributed by atoms with Crippen LogP contribution < -0.4 is 0 Å². The van der Waals surface area contributed by atoms with Crippen molar-refractivity contribution in [3.63, 3.8) is 0 Å². The van der Waals surface area contributed by atoms with Gasteiger partial charge in [0, 0.05) is 0 Å². The van der Waals surface area contributed by atoms with Crippen LogP contribution in [0.4, 0.5) is 40.3 Å². The Morgan fingerprint density at radius 1 is 0.773 bits per heavy atom. The van der Waals surface area contributed by atoms with Gasteiger partial charge in [-0.05, 0) is 6.92 Å². The van der Waals surface area contributed by atoms with Crippen molar-refractivity contribution >= 4 is 12.3 Å². The van der Waals surface area contributed by atoms with E-state index in [1.165, 1.54) is 0 Å². The first-order chi connectivity index (χ1) is 9.82.